The first kappa shape index (κ1) is 23.1. The number of anilines is 3. The molecule has 0 saturated carbocycles. The summed E-state index contributed by atoms with van der Waals surface area (Å²) in [6.45, 7) is 1.72. The number of hydrogen-bond donors (Lipinski definition) is 2. The van der Waals surface area contributed by atoms with Crippen LogP contribution in [0.4, 0.5) is 17.1 Å². The van der Waals surface area contributed by atoms with Crippen LogP contribution in [0.2, 0.25) is 0 Å². The van der Waals surface area contributed by atoms with E-state index in [1.165, 1.54) is 9.80 Å². The van der Waals surface area contributed by atoms with E-state index in [0.29, 0.717) is 29.0 Å². The highest BCUT2D eigenvalue weighted by Crippen LogP contribution is 2.55. The Morgan fingerprint density at radius 3 is 2.24 bits per heavy atom. The second kappa shape index (κ2) is 8.67. The number of imide groups is 1. The van der Waals surface area contributed by atoms with Gasteiger partial charge in [0.25, 0.3) is 5.91 Å². The lowest BCUT2D eigenvalue weighted by molar-refractivity contribution is -0.132. The van der Waals surface area contributed by atoms with Gasteiger partial charge in [0.05, 0.1) is 17.5 Å². The zero-order valence-corrected chi connectivity index (χ0v) is 20.3. The minimum Gasteiger partial charge on any atom is -0.325 e. The highest BCUT2D eigenvalue weighted by molar-refractivity contribution is 6.26. The molecule has 8 nitrogen and oxygen atoms in total. The Bertz CT molecular complexity index is 1410. The van der Waals surface area contributed by atoms with Crippen molar-refractivity contribution in [1.29, 1.82) is 0 Å². The van der Waals surface area contributed by atoms with Gasteiger partial charge in [-0.3, -0.25) is 24.5 Å². The maximum Gasteiger partial charge on any atom is 0.253 e. The van der Waals surface area contributed by atoms with Crippen molar-refractivity contribution >= 4 is 40.7 Å². The normalized spacial score (nSPS) is 26.1. The number of amides is 4. The summed E-state index contributed by atoms with van der Waals surface area (Å²) in [7, 11) is 0. The monoisotopic (exact) mass is 494 g/mol. The molecule has 0 bridgehead atoms. The summed E-state index contributed by atoms with van der Waals surface area (Å²) in [5.41, 5.74) is 0.884. The molecule has 3 aliphatic heterocycles. The molecule has 3 aromatic rings. The average molecular weight is 495 g/mol. The van der Waals surface area contributed by atoms with Crippen LogP contribution in [-0.2, 0) is 24.7 Å². The summed E-state index contributed by atoms with van der Waals surface area (Å²) in [6.07, 6.45) is 0.564. The molecule has 0 radical (unpaired) electrons. The maximum atomic E-state index is 14.3. The van der Waals surface area contributed by atoms with E-state index >= 15 is 0 Å². The summed E-state index contributed by atoms with van der Waals surface area (Å²) in [4.78, 5) is 57.5. The molecule has 0 aliphatic carbocycles. The van der Waals surface area contributed by atoms with Crippen molar-refractivity contribution < 1.29 is 19.2 Å². The summed E-state index contributed by atoms with van der Waals surface area (Å²) >= 11 is 0. The standard InChI is InChI=1S/C29H26N4O4/c1-2-21-24-25(27(36)33(26(24)35)19-13-7-4-8-14-19)29(31-21)20-15-9-10-16-22(20)32(28(29)37)17-23(34)30-18-11-5-3-6-12-18/h3-16,21,24-25,31H,2,17H2,1H3,(H,30,34)/t21-,24-,25+,29-/m0/s1. The molecule has 37 heavy (non-hydrogen) atoms. The van der Waals surface area contributed by atoms with Crippen molar-refractivity contribution in [1.82, 2.24) is 5.32 Å². The first-order valence-corrected chi connectivity index (χ1v) is 12.4. The average Bonchev–Trinajstić information content (AvgIpc) is 3.49. The predicted molar refractivity (Wildman–Crippen MR) is 139 cm³/mol. The molecule has 3 aromatic carbocycles. The van der Waals surface area contributed by atoms with E-state index in [0.717, 1.165) is 0 Å². The van der Waals surface area contributed by atoms with E-state index in [1.807, 2.05) is 43.3 Å². The van der Waals surface area contributed by atoms with Gasteiger partial charge in [-0.15, -0.1) is 0 Å². The van der Waals surface area contributed by atoms with Crippen LogP contribution in [0.25, 0.3) is 0 Å². The maximum absolute atomic E-state index is 14.3. The molecular formula is C29H26N4O4. The molecule has 0 unspecified atom stereocenters. The van der Waals surface area contributed by atoms with Crippen LogP contribution in [-0.4, -0.2) is 36.2 Å². The van der Waals surface area contributed by atoms with Crippen molar-refractivity contribution in [2.75, 3.05) is 21.7 Å². The van der Waals surface area contributed by atoms with E-state index < -0.39 is 23.3 Å². The minimum atomic E-state index is -1.43. The van der Waals surface area contributed by atoms with Crippen molar-refractivity contribution in [2.45, 2.75) is 24.9 Å². The Hall–Kier alpha value is -4.30. The molecule has 6 rings (SSSR count). The fraction of sp³-hybridized carbons (Fsp3) is 0.241. The number of rotatable bonds is 5. The molecule has 3 heterocycles. The van der Waals surface area contributed by atoms with Gasteiger partial charge in [-0.1, -0.05) is 61.5 Å². The second-order valence-electron chi connectivity index (χ2n) is 9.64. The van der Waals surface area contributed by atoms with Crippen LogP contribution in [0.1, 0.15) is 18.9 Å². The van der Waals surface area contributed by atoms with Gasteiger partial charge in [-0.25, -0.2) is 4.90 Å². The Morgan fingerprint density at radius 1 is 0.892 bits per heavy atom. The van der Waals surface area contributed by atoms with E-state index in [-0.39, 0.29) is 30.3 Å². The van der Waals surface area contributed by atoms with Gasteiger partial charge in [-0.05, 0) is 36.8 Å². The van der Waals surface area contributed by atoms with Gasteiger partial charge in [-0.2, -0.15) is 0 Å². The highest BCUT2D eigenvalue weighted by atomic mass is 16.2. The van der Waals surface area contributed by atoms with Crippen LogP contribution in [0, 0.1) is 11.8 Å². The third-order valence-corrected chi connectivity index (χ3v) is 7.68. The molecule has 2 fully saturated rings. The first-order valence-electron chi connectivity index (χ1n) is 12.4. The van der Waals surface area contributed by atoms with Crippen molar-refractivity contribution in [3.63, 3.8) is 0 Å². The Balaban J connectivity index is 1.40. The van der Waals surface area contributed by atoms with Gasteiger partial charge in [0.2, 0.25) is 17.7 Å². The fourth-order valence-corrected chi connectivity index (χ4v) is 6.15. The van der Waals surface area contributed by atoms with Crippen molar-refractivity contribution in [3.8, 4) is 0 Å². The number of nitrogens with zero attached hydrogens (tertiary/aromatic N) is 2. The number of benzene rings is 3. The van der Waals surface area contributed by atoms with Crippen LogP contribution < -0.4 is 20.4 Å². The molecule has 186 valence electrons. The molecule has 4 amide bonds. The van der Waals surface area contributed by atoms with E-state index in [4.69, 9.17) is 0 Å². The zero-order chi connectivity index (χ0) is 25.7. The topological polar surface area (TPSA) is 98.8 Å². The molecule has 8 heteroatoms. The van der Waals surface area contributed by atoms with Gasteiger partial charge in [0.15, 0.2) is 0 Å². The summed E-state index contributed by atoms with van der Waals surface area (Å²) in [5.74, 6) is -3.05. The van der Waals surface area contributed by atoms with Gasteiger partial charge in [0.1, 0.15) is 12.1 Å². The van der Waals surface area contributed by atoms with Crippen LogP contribution >= 0.6 is 0 Å². The SMILES string of the molecule is CC[C@@H]1N[C@]2(C(=O)N(CC(=O)Nc3ccccc3)c3ccccc32)[C@H]2C(=O)N(c3ccccc3)C(=O)[C@@H]12. The highest BCUT2D eigenvalue weighted by Gasteiger charge is 2.71. The zero-order valence-electron chi connectivity index (χ0n) is 20.3. The molecule has 1 spiro atoms. The molecule has 0 aromatic heterocycles. The molecule has 4 atom stereocenters. The van der Waals surface area contributed by atoms with Crippen molar-refractivity contribution in [2.24, 2.45) is 11.8 Å². The molecule has 2 N–H and O–H groups in total. The smallest absolute Gasteiger partial charge is 0.253 e. The minimum absolute atomic E-state index is 0.215. The molecule has 3 aliphatic rings. The number of carbonyl (C=O) groups is 4. The van der Waals surface area contributed by atoms with Gasteiger partial charge in [0, 0.05) is 23.0 Å². The third kappa shape index (κ3) is 3.33. The lowest BCUT2D eigenvalue weighted by atomic mass is 9.76. The van der Waals surface area contributed by atoms with E-state index in [1.54, 1.807) is 48.5 Å². The van der Waals surface area contributed by atoms with E-state index in [2.05, 4.69) is 10.6 Å². The van der Waals surface area contributed by atoms with Gasteiger partial charge < -0.3 is 10.2 Å². The first-order chi connectivity index (χ1) is 18.0. The Labute approximate surface area is 214 Å². The summed E-state index contributed by atoms with van der Waals surface area (Å²) in [6, 6.07) is 24.7. The quantitative estimate of drug-likeness (QED) is 0.532. The molecule has 2 saturated heterocycles. The summed E-state index contributed by atoms with van der Waals surface area (Å²) in [5, 5.41) is 6.25. The van der Waals surface area contributed by atoms with Crippen LogP contribution in [0.15, 0.2) is 84.9 Å². The number of hydrogen-bond acceptors (Lipinski definition) is 5. The second-order valence-corrected chi connectivity index (χ2v) is 9.64. The predicted octanol–water partition coefficient (Wildman–Crippen LogP) is 3.05. The summed E-state index contributed by atoms with van der Waals surface area (Å²) < 4.78 is 0. The van der Waals surface area contributed by atoms with E-state index in [9.17, 15) is 19.2 Å². The van der Waals surface area contributed by atoms with Crippen molar-refractivity contribution in [3.05, 3.63) is 90.5 Å². The van der Waals surface area contributed by atoms with Crippen LogP contribution in [0.5, 0.6) is 0 Å². The molecular weight excluding hydrogens is 468 g/mol. The number of carbonyl (C=O) groups excluding carboxylic acids is 4. The van der Waals surface area contributed by atoms with Gasteiger partial charge >= 0.3 is 0 Å². The van der Waals surface area contributed by atoms with Crippen LogP contribution in [0.3, 0.4) is 0 Å². The number of fused-ring (bicyclic) bond motifs is 4. The lowest BCUT2D eigenvalue weighted by Crippen LogP contribution is -2.55. The Morgan fingerprint density at radius 2 is 1.54 bits per heavy atom. The number of nitrogens with one attached hydrogen (secondary N) is 2. The lowest BCUT2D eigenvalue weighted by Gasteiger charge is -2.30. The largest absolute Gasteiger partial charge is 0.325 e. The fourth-order valence-electron chi connectivity index (χ4n) is 6.15. The third-order valence-electron chi connectivity index (χ3n) is 7.68. The number of para-hydroxylation sites is 3. The Kier molecular flexibility index (Phi) is 5.42.